The summed E-state index contributed by atoms with van der Waals surface area (Å²) in [5, 5.41) is 28.3. The first kappa shape index (κ1) is 31.3. The lowest BCUT2D eigenvalue weighted by atomic mass is 9.99. The maximum Gasteiger partial charge on any atom is 0.326 e. The lowest BCUT2D eigenvalue weighted by molar-refractivity contribution is -0.142. The van der Waals surface area contributed by atoms with Crippen LogP contribution in [0.15, 0.2) is 60.8 Å². The quantitative estimate of drug-likeness (QED) is 0.153. The Morgan fingerprint density at radius 1 is 0.805 bits per heavy atom. The number of hydrogen-bond donors (Lipinski definition) is 7. The average Bonchev–Trinajstić information content (AvgIpc) is 3.34. The summed E-state index contributed by atoms with van der Waals surface area (Å²) in [4.78, 5) is 54.8. The number of aliphatic hydroxyl groups is 1. The molecule has 5 atom stereocenters. The molecule has 11 nitrogen and oxygen atoms in total. The van der Waals surface area contributed by atoms with Crippen molar-refractivity contribution in [3.63, 3.8) is 0 Å². The van der Waals surface area contributed by atoms with Gasteiger partial charge in [-0.25, -0.2) is 4.79 Å². The van der Waals surface area contributed by atoms with E-state index in [9.17, 15) is 29.4 Å². The van der Waals surface area contributed by atoms with E-state index in [0.717, 1.165) is 22.0 Å². The molecule has 0 saturated heterocycles. The van der Waals surface area contributed by atoms with Crippen LogP contribution in [0.4, 0.5) is 0 Å². The van der Waals surface area contributed by atoms with Gasteiger partial charge in [0.15, 0.2) is 0 Å². The number of carboxylic acid groups (broad SMARTS) is 1. The zero-order valence-electron chi connectivity index (χ0n) is 23.5. The molecular formula is C30H39N5O6. The SMILES string of the molecule is CC(C)CC(NC(=O)C(N)C(C)O)C(=O)NC(Cc1c[nH]c2ccccc12)C(=O)NC(Cc1ccccc1)C(=O)O. The molecule has 0 aliphatic heterocycles. The number of carboxylic acids is 1. The van der Waals surface area contributed by atoms with Gasteiger partial charge < -0.3 is 36.9 Å². The number of benzene rings is 2. The molecule has 1 aromatic heterocycles. The third kappa shape index (κ3) is 8.89. The lowest BCUT2D eigenvalue weighted by Gasteiger charge is -2.26. The lowest BCUT2D eigenvalue weighted by Crippen LogP contribution is -2.58. The molecule has 0 radical (unpaired) electrons. The molecule has 3 rings (SSSR count). The minimum Gasteiger partial charge on any atom is -0.480 e. The van der Waals surface area contributed by atoms with Gasteiger partial charge in [-0.2, -0.15) is 0 Å². The number of nitrogens with one attached hydrogen (secondary N) is 4. The number of para-hydroxylation sites is 1. The van der Waals surface area contributed by atoms with Crippen LogP contribution >= 0.6 is 0 Å². The van der Waals surface area contributed by atoms with Crippen LogP contribution in [-0.2, 0) is 32.0 Å². The van der Waals surface area contributed by atoms with Crippen molar-refractivity contribution in [1.82, 2.24) is 20.9 Å². The number of aliphatic hydroxyl groups excluding tert-OH is 1. The Labute approximate surface area is 238 Å². The first-order chi connectivity index (χ1) is 19.5. The second-order valence-corrected chi connectivity index (χ2v) is 10.7. The molecule has 8 N–H and O–H groups in total. The van der Waals surface area contributed by atoms with Crippen molar-refractivity contribution in [3.8, 4) is 0 Å². The normalized spacial score (nSPS) is 15.0. The fourth-order valence-electron chi connectivity index (χ4n) is 4.51. The summed E-state index contributed by atoms with van der Waals surface area (Å²) in [5.41, 5.74) is 8.08. The van der Waals surface area contributed by atoms with Crippen LogP contribution in [0.5, 0.6) is 0 Å². The molecule has 3 amide bonds. The van der Waals surface area contributed by atoms with Gasteiger partial charge in [-0.05, 0) is 36.5 Å². The third-order valence-corrected chi connectivity index (χ3v) is 6.79. The maximum atomic E-state index is 13.6. The molecule has 11 heteroatoms. The molecule has 0 fully saturated rings. The van der Waals surface area contributed by atoms with Crippen LogP contribution in [0, 0.1) is 5.92 Å². The highest BCUT2D eigenvalue weighted by molar-refractivity contribution is 5.95. The number of amides is 3. The Morgan fingerprint density at radius 2 is 1.39 bits per heavy atom. The highest BCUT2D eigenvalue weighted by Gasteiger charge is 2.32. The maximum absolute atomic E-state index is 13.6. The van der Waals surface area contributed by atoms with Crippen molar-refractivity contribution >= 4 is 34.6 Å². The minimum absolute atomic E-state index is 0.00279. The van der Waals surface area contributed by atoms with Gasteiger partial charge in [0, 0.05) is 29.9 Å². The van der Waals surface area contributed by atoms with Crippen molar-refractivity contribution in [1.29, 1.82) is 0 Å². The van der Waals surface area contributed by atoms with E-state index in [1.54, 1.807) is 30.5 Å². The average molecular weight is 566 g/mol. The van der Waals surface area contributed by atoms with Crippen molar-refractivity contribution in [2.24, 2.45) is 11.7 Å². The molecule has 3 aromatic rings. The second-order valence-electron chi connectivity index (χ2n) is 10.7. The Bertz CT molecular complexity index is 1340. The molecule has 0 bridgehead atoms. The van der Waals surface area contributed by atoms with Gasteiger partial charge in [-0.15, -0.1) is 0 Å². The number of aliphatic carboxylic acids is 1. The smallest absolute Gasteiger partial charge is 0.326 e. The largest absolute Gasteiger partial charge is 0.480 e. The molecular weight excluding hydrogens is 526 g/mol. The van der Waals surface area contributed by atoms with Crippen LogP contribution in [0.25, 0.3) is 10.9 Å². The van der Waals surface area contributed by atoms with Crippen LogP contribution in [-0.4, -0.2) is 69.2 Å². The number of aromatic amines is 1. The van der Waals surface area contributed by atoms with Gasteiger partial charge in [0.1, 0.15) is 24.2 Å². The van der Waals surface area contributed by atoms with E-state index >= 15 is 0 Å². The molecule has 0 spiro atoms. The third-order valence-electron chi connectivity index (χ3n) is 6.79. The number of aromatic nitrogens is 1. The van der Waals surface area contributed by atoms with Crippen molar-refractivity contribution < 1.29 is 29.4 Å². The topological polar surface area (TPSA) is 187 Å². The summed E-state index contributed by atoms with van der Waals surface area (Å²) in [5.74, 6) is -3.22. The van der Waals surface area contributed by atoms with Gasteiger partial charge in [0.25, 0.3) is 0 Å². The molecule has 5 unspecified atom stereocenters. The van der Waals surface area contributed by atoms with Crippen LogP contribution in [0.2, 0.25) is 0 Å². The van der Waals surface area contributed by atoms with Crippen LogP contribution in [0.1, 0.15) is 38.3 Å². The summed E-state index contributed by atoms with van der Waals surface area (Å²) in [6.45, 7) is 5.12. The number of rotatable bonds is 14. The van der Waals surface area contributed by atoms with E-state index in [1.165, 1.54) is 6.92 Å². The van der Waals surface area contributed by atoms with Crippen molar-refractivity contribution in [3.05, 3.63) is 71.9 Å². The standard InChI is InChI=1S/C30H39N5O6/c1-17(2)13-23(34-29(39)26(31)18(3)36)27(37)33-24(15-20-16-32-22-12-8-7-11-21(20)22)28(38)35-25(30(40)41)14-19-9-5-4-6-10-19/h4-12,16-18,23-26,32,36H,13-15,31H2,1-3H3,(H,33,37)(H,34,39)(H,35,38)(H,40,41). The summed E-state index contributed by atoms with van der Waals surface area (Å²) < 4.78 is 0. The number of fused-ring (bicyclic) bond motifs is 1. The van der Waals surface area contributed by atoms with Gasteiger partial charge in [-0.3, -0.25) is 14.4 Å². The number of hydrogen-bond acceptors (Lipinski definition) is 6. The molecule has 41 heavy (non-hydrogen) atoms. The van der Waals surface area contributed by atoms with Gasteiger partial charge >= 0.3 is 5.97 Å². The fourth-order valence-corrected chi connectivity index (χ4v) is 4.51. The fraction of sp³-hybridized carbons (Fsp3) is 0.400. The molecule has 2 aromatic carbocycles. The van der Waals surface area contributed by atoms with E-state index in [-0.39, 0.29) is 25.2 Å². The van der Waals surface area contributed by atoms with Crippen LogP contribution < -0.4 is 21.7 Å². The Kier molecular flexibility index (Phi) is 11.0. The van der Waals surface area contributed by atoms with E-state index in [4.69, 9.17) is 5.73 Å². The van der Waals surface area contributed by atoms with E-state index in [1.807, 2.05) is 44.2 Å². The summed E-state index contributed by atoms with van der Waals surface area (Å²) >= 11 is 0. The molecule has 0 aliphatic rings. The Hall–Kier alpha value is -4.22. The number of carbonyl (C=O) groups excluding carboxylic acids is 3. The predicted molar refractivity (Wildman–Crippen MR) is 155 cm³/mol. The Morgan fingerprint density at radius 3 is 2.02 bits per heavy atom. The first-order valence-corrected chi connectivity index (χ1v) is 13.6. The van der Waals surface area contributed by atoms with E-state index in [0.29, 0.717) is 0 Å². The molecule has 1 heterocycles. The summed E-state index contributed by atoms with van der Waals surface area (Å²) in [6, 6.07) is 11.7. The van der Waals surface area contributed by atoms with E-state index in [2.05, 4.69) is 20.9 Å². The van der Waals surface area contributed by atoms with Crippen LogP contribution in [0.3, 0.4) is 0 Å². The number of carbonyl (C=O) groups is 4. The van der Waals surface area contributed by atoms with E-state index < -0.39 is 54.0 Å². The molecule has 220 valence electrons. The van der Waals surface area contributed by atoms with Gasteiger partial charge in [0.05, 0.1) is 6.10 Å². The van der Waals surface area contributed by atoms with Gasteiger partial charge in [0.2, 0.25) is 17.7 Å². The zero-order valence-corrected chi connectivity index (χ0v) is 23.5. The monoisotopic (exact) mass is 565 g/mol. The highest BCUT2D eigenvalue weighted by atomic mass is 16.4. The number of nitrogens with two attached hydrogens (primary N) is 1. The molecule has 0 saturated carbocycles. The second kappa shape index (κ2) is 14.4. The van der Waals surface area contributed by atoms with Crippen molar-refractivity contribution in [2.45, 2.75) is 70.3 Å². The predicted octanol–water partition coefficient (Wildman–Crippen LogP) is 1.25. The summed E-state index contributed by atoms with van der Waals surface area (Å²) in [6.07, 6.45) is 0.978. The summed E-state index contributed by atoms with van der Waals surface area (Å²) in [7, 11) is 0. The minimum atomic E-state index is -1.24. The first-order valence-electron chi connectivity index (χ1n) is 13.6. The zero-order chi connectivity index (χ0) is 30.1. The van der Waals surface area contributed by atoms with Gasteiger partial charge in [-0.1, -0.05) is 62.4 Å². The Balaban J connectivity index is 1.87. The van der Waals surface area contributed by atoms with Crippen molar-refractivity contribution in [2.75, 3.05) is 0 Å². The molecule has 0 aliphatic carbocycles. The highest BCUT2D eigenvalue weighted by Crippen LogP contribution is 2.19. The number of H-pyrrole nitrogens is 1.